The Balaban J connectivity index is 0.00000196. The van der Waals surface area contributed by atoms with Crippen LogP contribution in [0.3, 0.4) is 0 Å². The number of carbonyl (C=O) groups is 2. The van der Waals surface area contributed by atoms with Crippen LogP contribution in [-0.4, -0.2) is 11.9 Å². The van der Waals surface area contributed by atoms with Crippen LogP contribution in [0.2, 0.25) is 0 Å². The lowest BCUT2D eigenvalue weighted by Crippen LogP contribution is -2.06. The molecule has 0 fully saturated rings. The largest absolute Gasteiger partial charge is 0.427 e. The molecule has 15 heavy (non-hydrogen) atoms. The van der Waals surface area contributed by atoms with Gasteiger partial charge in [0, 0.05) is 19.5 Å². The lowest BCUT2D eigenvalue weighted by molar-refractivity contribution is -0.131. The van der Waals surface area contributed by atoms with Crippen LogP contribution < -0.4 is 10.1 Å². The van der Waals surface area contributed by atoms with E-state index in [1.807, 2.05) is 0 Å². The van der Waals surface area contributed by atoms with Crippen LogP contribution >= 0.6 is 0 Å². The molecule has 4 nitrogen and oxygen atoms in total. The molecule has 1 aromatic carbocycles. The average molecular weight is 209 g/mol. The molecular weight excluding hydrogens is 194 g/mol. The van der Waals surface area contributed by atoms with E-state index in [0.717, 1.165) is 0 Å². The van der Waals surface area contributed by atoms with Gasteiger partial charge in [-0.05, 0) is 24.3 Å². The second-order valence-electron chi connectivity index (χ2n) is 2.80. The number of esters is 1. The molecule has 1 aromatic rings. The molecule has 0 aliphatic heterocycles. The van der Waals surface area contributed by atoms with Crippen LogP contribution in [0.4, 0.5) is 5.69 Å². The van der Waals surface area contributed by atoms with Gasteiger partial charge in [-0.2, -0.15) is 0 Å². The standard InChI is InChI=1S/C10H11NO3.CH4/c1-7(12)11-9-3-5-10(6-4-9)14-8(2)13;/h3-6H,1-2H3,(H,11,12);1H4. The van der Waals surface area contributed by atoms with Crippen molar-refractivity contribution in [2.24, 2.45) is 0 Å². The van der Waals surface area contributed by atoms with Crippen molar-refractivity contribution < 1.29 is 14.3 Å². The fraction of sp³-hybridized carbons (Fsp3) is 0.273. The fourth-order valence-electron chi connectivity index (χ4n) is 0.976. The lowest BCUT2D eigenvalue weighted by Gasteiger charge is -2.03. The zero-order valence-corrected chi connectivity index (χ0v) is 8.03. The first kappa shape index (κ1) is 13.2. The van der Waals surface area contributed by atoms with Crippen LogP contribution in [0, 0.1) is 0 Å². The predicted octanol–water partition coefficient (Wildman–Crippen LogP) is 2.21. The maximum absolute atomic E-state index is 10.7. The Bertz CT molecular complexity index is 308. The highest BCUT2D eigenvalue weighted by molar-refractivity contribution is 5.88. The molecule has 0 saturated heterocycles. The normalized spacial score (nSPS) is 8.67. The average Bonchev–Trinajstić information content (AvgIpc) is 2.06. The quantitative estimate of drug-likeness (QED) is 0.600. The highest BCUT2D eigenvalue weighted by Crippen LogP contribution is 2.15. The molecule has 1 rings (SSSR count). The predicted molar refractivity (Wildman–Crippen MR) is 58.8 cm³/mol. The first-order valence-electron chi connectivity index (χ1n) is 4.14. The monoisotopic (exact) mass is 209 g/mol. The molecule has 82 valence electrons. The van der Waals surface area contributed by atoms with Crippen molar-refractivity contribution in [2.75, 3.05) is 5.32 Å². The number of benzene rings is 1. The lowest BCUT2D eigenvalue weighted by atomic mass is 10.3. The van der Waals surface area contributed by atoms with E-state index in [4.69, 9.17) is 4.74 Å². The van der Waals surface area contributed by atoms with Crippen molar-refractivity contribution >= 4 is 17.6 Å². The van der Waals surface area contributed by atoms with E-state index in [-0.39, 0.29) is 19.3 Å². The SMILES string of the molecule is C.CC(=O)Nc1ccc(OC(C)=O)cc1. The number of amides is 1. The van der Waals surface area contributed by atoms with Crippen molar-refractivity contribution in [3.8, 4) is 5.75 Å². The van der Waals surface area contributed by atoms with E-state index < -0.39 is 0 Å². The highest BCUT2D eigenvalue weighted by Gasteiger charge is 1.98. The third-order valence-electron chi connectivity index (χ3n) is 1.44. The van der Waals surface area contributed by atoms with Crippen molar-refractivity contribution in [1.82, 2.24) is 0 Å². The molecule has 0 atom stereocenters. The molecule has 1 amide bonds. The molecule has 0 heterocycles. The summed E-state index contributed by atoms with van der Waals surface area (Å²) in [6.45, 7) is 2.77. The van der Waals surface area contributed by atoms with Gasteiger partial charge in [-0.25, -0.2) is 0 Å². The summed E-state index contributed by atoms with van der Waals surface area (Å²) >= 11 is 0. The summed E-state index contributed by atoms with van der Waals surface area (Å²) in [5.41, 5.74) is 0.674. The van der Waals surface area contributed by atoms with Gasteiger partial charge in [0.2, 0.25) is 5.91 Å². The van der Waals surface area contributed by atoms with Gasteiger partial charge in [0.25, 0.3) is 0 Å². The van der Waals surface area contributed by atoms with Crippen molar-refractivity contribution in [2.45, 2.75) is 21.3 Å². The molecular formula is C11H15NO3. The Morgan fingerprint density at radius 2 is 1.67 bits per heavy atom. The molecule has 0 aliphatic carbocycles. The summed E-state index contributed by atoms with van der Waals surface area (Å²) in [5, 5.41) is 2.61. The topological polar surface area (TPSA) is 55.4 Å². The molecule has 0 unspecified atom stereocenters. The smallest absolute Gasteiger partial charge is 0.308 e. The van der Waals surface area contributed by atoms with Crippen molar-refractivity contribution in [3.63, 3.8) is 0 Å². The Hall–Kier alpha value is -1.84. The van der Waals surface area contributed by atoms with Gasteiger partial charge in [-0.15, -0.1) is 0 Å². The van der Waals surface area contributed by atoms with E-state index in [1.54, 1.807) is 24.3 Å². The molecule has 0 saturated carbocycles. The molecule has 1 N–H and O–H groups in total. The van der Waals surface area contributed by atoms with Crippen LogP contribution in [-0.2, 0) is 9.59 Å². The summed E-state index contributed by atoms with van der Waals surface area (Å²) < 4.78 is 4.82. The Kier molecular flexibility index (Phi) is 5.09. The maximum Gasteiger partial charge on any atom is 0.308 e. The summed E-state index contributed by atoms with van der Waals surface area (Å²) in [6, 6.07) is 6.57. The van der Waals surface area contributed by atoms with Gasteiger partial charge in [-0.1, -0.05) is 7.43 Å². The van der Waals surface area contributed by atoms with Crippen LogP contribution in [0.25, 0.3) is 0 Å². The number of rotatable bonds is 2. The highest BCUT2D eigenvalue weighted by atomic mass is 16.5. The summed E-state index contributed by atoms with van der Waals surface area (Å²) in [4.78, 5) is 21.3. The molecule has 0 aromatic heterocycles. The number of ether oxygens (including phenoxy) is 1. The second kappa shape index (κ2) is 5.80. The first-order chi connectivity index (χ1) is 6.58. The van der Waals surface area contributed by atoms with E-state index in [0.29, 0.717) is 11.4 Å². The van der Waals surface area contributed by atoms with E-state index >= 15 is 0 Å². The summed E-state index contributed by atoms with van der Waals surface area (Å²) in [5.74, 6) is -0.0332. The number of nitrogens with one attached hydrogen (secondary N) is 1. The van der Waals surface area contributed by atoms with Crippen LogP contribution in [0.15, 0.2) is 24.3 Å². The molecule has 4 heteroatoms. The van der Waals surface area contributed by atoms with Gasteiger partial charge in [-0.3, -0.25) is 9.59 Å². The van der Waals surface area contributed by atoms with Gasteiger partial charge in [0.1, 0.15) is 5.75 Å². The Morgan fingerprint density at radius 1 is 1.13 bits per heavy atom. The summed E-state index contributed by atoms with van der Waals surface area (Å²) in [6.07, 6.45) is 0. The zero-order chi connectivity index (χ0) is 10.6. The fourth-order valence-corrected chi connectivity index (χ4v) is 0.976. The molecule has 0 bridgehead atoms. The van der Waals surface area contributed by atoms with E-state index in [2.05, 4.69) is 5.32 Å². The number of hydrogen-bond acceptors (Lipinski definition) is 3. The minimum atomic E-state index is -0.364. The Labute approximate surface area is 89.2 Å². The molecule has 0 spiro atoms. The molecule has 0 aliphatic rings. The number of hydrogen-bond donors (Lipinski definition) is 1. The Morgan fingerprint density at radius 3 is 2.07 bits per heavy atom. The molecule has 0 radical (unpaired) electrons. The van der Waals surface area contributed by atoms with Crippen molar-refractivity contribution in [1.29, 1.82) is 0 Å². The van der Waals surface area contributed by atoms with Gasteiger partial charge in [0.15, 0.2) is 0 Å². The first-order valence-corrected chi connectivity index (χ1v) is 4.14. The number of carbonyl (C=O) groups excluding carboxylic acids is 2. The maximum atomic E-state index is 10.7. The minimum Gasteiger partial charge on any atom is -0.427 e. The van der Waals surface area contributed by atoms with Crippen LogP contribution in [0.1, 0.15) is 21.3 Å². The zero-order valence-electron chi connectivity index (χ0n) is 8.03. The van der Waals surface area contributed by atoms with Crippen molar-refractivity contribution in [3.05, 3.63) is 24.3 Å². The van der Waals surface area contributed by atoms with Gasteiger partial charge in [0.05, 0.1) is 0 Å². The van der Waals surface area contributed by atoms with E-state index in [9.17, 15) is 9.59 Å². The van der Waals surface area contributed by atoms with Gasteiger partial charge >= 0.3 is 5.97 Å². The summed E-state index contributed by atoms with van der Waals surface area (Å²) in [7, 11) is 0. The van der Waals surface area contributed by atoms with Gasteiger partial charge < -0.3 is 10.1 Å². The third kappa shape index (κ3) is 4.81. The van der Waals surface area contributed by atoms with Crippen LogP contribution in [0.5, 0.6) is 5.75 Å². The second-order valence-corrected chi connectivity index (χ2v) is 2.80. The third-order valence-corrected chi connectivity index (χ3v) is 1.44. The minimum absolute atomic E-state index is 0. The van der Waals surface area contributed by atoms with E-state index in [1.165, 1.54) is 13.8 Å². The number of anilines is 1.